The van der Waals surface area contributed by atoms with Crippen molar-refractivity contribution < 1.29 is 4.79 Å². The fraction of sp³-hybridized carbons (Fsp3) is 0.778. The fourth-order valence-corrected chi connectivity index (χ4v) is 2.75. The van der Waals surface area contributed by atoms with Crippen molar-refractivity contribution in [3.8, 4) is 6.07 Å². The predicted molar refractivity (Wildman–Crippen MR) is 51.1 cm³/mol. The van der Waals surface area contributed by atoms with Crippen molar-refractivity contribution in [2.75, 3.05) is 0 Å². The van der Waals surface area contributed by atoms with Crippen molar-refractivity contribution >= 4 is 21.8 Å². The highest BCUT2D eigenvalue weighted by Crippen LogP contribution is 2.39. The average Bonchev–Trinajstić information content (AvgIpc) is 2.91. The van der Waals surface area contributed by atoms with Gasteiger partial charge in [-0.25, -0.2) is 0 Å². The maximum absolute atomic E-state index is 11.4. The second-order valence-corrected chi connectivity index (χ2v) is 4.98. The molecule has 0 aromatic heterocycles. The van der Waals surface area contributed by atoms with Crippen molar-refractivity contribution in [1.29, 1.82) is 5.26 Å². The molecule has 0 radical (unpaired) electrons. The first-order valence-corrected chi connectivity index (χ1v) is 5.48. The van der Waals surface area contributed by atoms with Gasteiger partial charge < -0.3 is 5.32 Å². The Balaban J connectivity index is 2.04. The molecule has 0 bridgehead atoms. The van der Waals surface area contributed by atoms with E-state index < -0.39 is 5.92 Å². The second kappa shape index (κ2) is 3.30. The summed E-state index contributed by atoms with van der Waals surface area (Å²) >= 11 is 3.54. The number of halogens is 1. The Labute approximate surface area is 85.6 Å². The van der Waals surface area contributed by atoms with Gasteiger partial charge >= 0.3 is 0 Å². The van der Waals surface area contributed by atoms with Crippen LogP contribution in [0.3, 0.4) is 0 Å². The molecule has 70 valence electrons. The molecule has 1 aliphatic carbocycles. The van der Waals surface area contributed by atoms with Crippen LogP contribution in [0.1, 0.15) is 19.3 Å². The van der Waals surface area contributed by atoms with E-state index in [1.54, 1.807) is 0 Å². The van der Waals surface area contributed by atoms with E-state index in [0.717, 1.165) is 0 Å². The molecule has 0 aromatic rings. The van der Waals surface area contributed by atoms with Gasteiger partial charge in [0.25, 0.3) is 0 Å². The number of carbonyl (C=O) groups excluding carboxylic acids is 1. The van der Waals surface area contributed by atoms with E-state index in [1.165, 1.54) is 12.8 Å². The van der Waals surface area contributed by atoms with Crippen LogP contribution in [0.2, 0.25) is 0 Å². The van der Waals surface area contributed by atoms with E-state index in [9.17, 15) is 4.79 Å². The molecule has 1 saturated carbocycles. The van der Waals surface area contributed by atoms with Crippen molar-refractivity contribution in [1.82, 2.24) is 5.32 Å². The molecular formula is C9H11BrN2O. The van der Waals surface area contributed by atoms with Gasteiger partial charge in [-0.15, -0.1) is 0 Å². The standard InChI is InChI=1S/C9H11BrN2O/c10-7-3-6(4-11)9(13)12-8(7)5-1-2-5/h5-8H,1-3H2,(H,12,13). The number of nitrogens with zero attached hydrogens (tertiary/aromatic N) is 1. The van der Waals surface area contributed by atoms with E-state index in [4.69, 9.17) is 5.26 Å². The molecule has 1 heterocycles. The molecule has 3 nitrogen and oxygen atoms in total. The van der Waals surface area contributed by atoms with E-state index in [1.807, 2.05) is 6.07 Å². The number of nitrogens with one attached hydrogen (secondary N) is 1. The van der Waals surface area contributed by atoms with Crippen molar-refractivity contribution in [2.45, 2.75) is 30.1 Å². The molecule has 0 aromatic carbocycles. The highest BCUT2D eigenvalue weighted by Gasteiger charge is 2.42. The summed E-state index contributed by atoms with van der Waals surface area (Å²) in [6.07, 6.45) is 3.08. The smallest absolute Gasteiger partial charge is 0.237 e. The Morgan fingerprint density at radius 1 is 1.54 bits per heavy atom. The second-order valence-electron chi connectivity index (χ2n) is 3.81. The Morgan fingerprint density at radius 3 is 2.77 bits per heavy atom. The van der Waals surface area contributed by atoms with Crippen LogP contribution < -0.4 is 5.32 Å². The monoisotopic (exact) mass is 242 g/mol. The molecular weight excluding hydrogens is 232 g/mol. The SMILES string of the molecule is N#CC1CC(Br)C(C2CC2)NC1=O. The number of piperidine rings is 1. The van der Waals surface area contributed by atoms with Gasteiger partial charge in [0.2, 0.25) is 5.91 Å². The molecule has 0 spiro atoms. The first-order valence-electron chi connectivity index (χ1n) is 4.56. The van der Waals surface area contributed by atoms with Gasteiger partial charge in [-0.1, -0.05) is 15.9 Å². The maximum Gasteiger partial charge on any atom is 0.237 e. The summed E-state index contributed by atoms with van der Waals surface area (Å²) in [6.45, 7) is 0. The van der Waals surface area contributed by atoms with Gasteiger partial charge in [-0.05, 0) is 25.2 Å². The Bertz CT molecular complexity index is 269. The van der Waals surface area contributed by atoms with Gasteiger partial charge in [-0.2, -0.15) is 5.26 Å². The van der Waals surface area contributed by atoms with E-state index in [2.05, 4.69) is 21.2 Å². The van der Waals surface area contributed by atoms with Gasteiger partial charge in [0.15, 0.2) is 0 Å². The molecule has 1 saturated heterocycles. The molecule has 13 heavy (non-hydrogen) atoms. The molecule has 1 amide bonds. The Kier molecular flexibility index (Phi) is 2.29. The third-order valence-electron chi connectivity index (χ3n) is 2.76. The maximum atomic E-state index is 11.4. The molecule has 3 atom stereocenters. The minimum absolute atomic E-state index is 0.0879. The van der Waals surface area contributed by atoms with Crippen molar-refractivity contribution in [3.05, 3.63) is 0 Å². The van der Waals surface area contributed by atoms with Crippen LogP contribution in [-0.2, 0) is 4.79 Å². The lowest BCUT2D eigenvalue weighted by Crippen LogP contribution is -2.50. The van der Waals surface area contributed by atoms with Crippen molar-refractivity contribution in [2.24, 2.45) is 11.8 Å². The third kappa shape index (κ3) is 1.71. The number of alkyl halides is 1. The summed E-state index contributed by atoms with van der Waals surface area (Å²) in [5, 5.41) is 11.6. The van der Waals surface area contributed by atoms with E-state index in [-0.39, 0.29) is 16.8 Å². The molecule has 4 heteroatoms. The summed E-state index contributed by atoms with van der Waals surface area (Å²) in [4.78, 5) is 11.6. The van der Waals surface area contributed by atoms with Crippen LogP contribution in [0, 0.1) is 23.2 Å². The average molecular weight is 243 g/mol. The lowest BCUT2D eigenvalue weighted by Gasteiger charge is -2.30. The number of hydrogen-bond acceptors (Lipinski definition) is 2. The highest BCUT2D eigenvalue weighted by atomic mass is 79.9. The largest absolute Gasteiger partial charge is 0.351 e. The van der Waals surface area contributed by atoms with Crippen LogP contribution >= 0.6 is 15.9 Å². The first-order chi connectivity index (χ1) is 6.22. The molecule has 3 unspecified atom stereocenters. The number of carbonyl (C=O) groups is 1. The number of rotatable bonds is 1. The molecule has 2 aliphatic rings. The zero-order valence-corrected chi connectivity index (χ0v) is 8.75. The van der Waals surface area contributed by atoms with Gasteiger partial charge in [0, 0.05) is 10.9 Å². The van der Waals surface area contributed by atoms with Crippen LogP contribution in [0.4, 0.5) is 0 Å². The lowest BCUT2D eigenvalue weighted by atomic mass is 9.92. The van der Waals surface area contributed by atoms with E-state index >= 15 is 0 Å². The Morgan fingerprint density at radius 2 is 2.23 bits per heavy atom. The molecule has 2 rings (SSSR count). The van der Waals surface area contributed by atoms with Crippen LogP contribution in [-0.4, -0.2) is 16.8 Å². The first kappa shape index (κ1) is 9.01. The summed E-state index contributed by atoms with van der Waals surface area (Å²) in [7, 11) is 0. The minimum atomic E-state index is -0.459. The van der Waals surface area contributed by atoms with Gasteiger partial charge in [0.1, 0.15) is 5.92 Å². The lowest BCUT2D eigenvalue weighted by molar-refractivity contribution is -0.125. The summed E-state index contributed by atoms with van der Waals surface area (Å²) < 4.78 is 0. The molecule has 1 aliphatic heterocycles. The fourth-order valence-electron chi connectivity index (χ4n) is 1.81. The minimum Gasteiger partial charge on any atom is -0.351 e. The molecule has 2 fully saturated rings. The zero-order valence-electron chi connectivity index (χ0n) is 7.16. The summed E-state index contributed by atoms with van der Waals surface area (Å²) in [6, 6.07) is 2.28. The summed E-state index contributed by atoms with van der Waals surface area (Å²) in [5.74, 6) is 0.0995. The highest BCUT2D eigenvalue weighted by molar-refractivity contribution is 9.09. The van der Waals surface area contributed by atoms with Crippen LogP contribution in [0.15, 0.2) is 0 Å². The van der Waals surface area contributed by atoms with Gasteiger partial charge in [-0.3, -0.25) is 4.79 Å². The van der Waals surface area contributed by atoms with E-state index in [0.29, 0.717) is 12.3 Å². The number of nitriles is 1. The summed E-state index contributed by atoms with van der Waals surface area (Å²) in [5.41, 5.74) is 0. The van der Waals surface area contributed by atoms with Crippen molar-refractivity contribution in [3.63, 3.8) is 0 Å². The van der Waals surface area contributed by atoms with Crippen LogP contribution in [0.25, 0.3) is 0 Å². The number of hydrogen-bond donors (Lipinski definition) is 1. The van der Waals surface area contributed by atoms with Crippen LogP contribution in [0.5, 0.6) is 0 Å². The molecule has 1 N–H and O–H groups in total. The quantitative estimate of drug-likeness (QED) is 0.703. The predicted octanol–water partition coefficient (Wildman–Crippen LogP) is 1.19. The topological polar surface area (TPSA) is 52.9 Å². The zero-order chi connectivity index (χ0) is 9.42. The number of amides is 1. The third-order valence-corrected chi connectivity index (χ3v) is 3.71. The Hall–Kier alpha value is -0.560. The normalized spacial score (nSPS) is 39.4. The van der Waals surface area contributed by atoms with Gasteiger partial charge in [0.05, 0.1) is 6.07 Å².